The van der Waals surface area contributed by atoms with Gasteiger partial charge >= 0.3 is 0 Å². The lowest BCUT2D eigenvalue weighted by molar-refractivity contribution is 0.143. The topological polar surface area (TPSA) is 67.8 Å². The van der Waals surface area contributed by atoms with Crippen molar-refractivity contribution in [2.75, 3.05) is 27.4 Å². The molecular formula is C18H33IN4O2. The first-order valence-electron chi connectivity index (χ1n) is 8.73. The van der Waals surface area contributed by atoms with Crippen molar-refractivity contribution >= 4 is 29.9 Å². The maximum Gasteiger partial charge on any atom is 0.213 e. The normalized spacial score (nSPS) is 12.2. The summed E-state index contributed by atoms with van der Waals surface area (Å²) in [5.74, 6) is 1.43. The Balaban J connectivity index is 0.00000576. The molecule has 0 aromatic carbocycles. The minimum Gasteiger partial charge on any atom is -0.475 e. The minimum atomic E-state index is 0. The van der Waals surface area contributed by atoms with Gasteiger partial charge in [0.25, 0.3) is 0 Å². The van der Waals surface area contributed by atoms with Gasteiger partial charge in [0.1, 0.15) is 6.61 Å². The van der Waals surface area contributed by atoms with Crippen molar-refractivity contribution in [3.8, 4) is 5.88 Å². The van der Waals surface area contributed by atoms with Gasteiger partial charge < -0.3 is 20.1 Å². The molecule has 0 aliphatic carbocycles. The number of unbranched alkanes of at least 4 members (excludes halogenated alkanes) is 2. The number of hydrogen-bond acceptors (Lipinski definition) is 4. The van der Waals surface area contributed by atoms with Crippen molar-refractivity contribution < 1.29 is 9.47 Å². The van der Waals surface area contributed by atoms with E-state index in [2.05, 4.69) is 34.5 Å². The van der Waals surface area contributed by atoms with Crippen LogP contribution < -0.4 is 15.4 Å². The number of pyridine rings is 1. The van der Waals surface area contributed by atoms with E-state index in [0.29, 0.717) is 31.7 Å². The van der Waals surface area contributed by atoms with Crippen LogP contribution in [-0.4, -0.2) is 44.4 Å². The molecule has 1 unspecified atom stereocenters. The van der Waals surface area contributed by atoms with Crippen LogP contribution in [0.25, 0.3) is 0 Å². The summed E-state index contributed by atoms with van der Waals surface area (Å²) < 4.78 is 10.4. The molecule has 6 nitrogen and oxygen atoms in total. The van der Waals surface area contributed by atoms with Crippen LogP contribution in [0.1, 0.15) is 45.1 Å². The zero-order valence-electron chi connectivity index (χ0n) is 15.9. The van der Waals surface area contributed by atoms with Crippen molar-refractivity contribution in [1.29, 1.82) is 0 Å². The third-order valence-electron chi connectivity index (χ3n) is 3.64. The van der Waals surface area contributed by atoms with Crippen LogP contribution in [0, 0.1) is 0 Å². The highest BCUT2D eigenvalue weighted by Crippen LogP contribution is 2.07. The van der Waals surface area contributed by atoms with Crippen LogP contribution >= 0.6 is 24.0 Å². The molecule has 0 fully saturated rings. The van der Waals surface area contributed by atoms with Gasteiger partial charge in [0.15, 0.2) is 5.96 Å². The molecule has 1 rings (SSSR count). The molecule has 0 aliphatic heterocycles. The lowest BCUT2D eigenvalue weighted by atomic mass is 10.1. The predicted octanol–water partition coefficient (Wildman–Crippen LogP) is 3.36. The summed E-state index contributed by atoms with van der Waals surface area (Å²) in [6, 6.07) is 4.29. The zero-order valence-corrected chi connectivity index (χ0v) is 18.2. The molecule has 0 aliphatic rings. The van der Waals surface area contributed by atoms with Crippen molar-refractivity contribution in [3.63, 3.8) is 0 Å². The number of ether oxygens (including phenoxy) is 2. The van der Waals surface area contributed by atoms with Gasteiger partial charge in [0.2, 0.25) is 5.88 Å². The number of guanidine groups is 1. The van der Waals surface area contributed by atoms with Gasteiger partial charge in [-0.3, -0.25) is 4.99 Å². The third-order valence-corrected chi connectivity index (χ3v) is 3.64. The highest BCUT2D eigenvalue weighted by atomic mass is 127. The lowest BCUT2D eigenvalue weighted by Crippen LogP contribution is -2.41. The molecule has 144 valence electrons. The summed E-state index contributed by atoms with van der Waals surface area (Å²) in [7, 11) is 3.44. The van der Waals surface area contributed by atoms with E-state index in [9.17, 15) is 0 Å². The Kier molecular flexibility index (Phi) is 14.5. The number of nitrogens with zero attached hydrogens (tertiary/aromatic N) is 2. The molecule has 0 amide bonds. The smallest absolute Gasteiger partial charge is 0.213 e. The average molecular weight is 464 g/mol. The Hall–Kier alpha value is -1.09. The van der Waals surface area contributed by atoms with Crippen LogP contribution in [0.4, 0.5) is 0 Å². The highest BCUT2D eigenvalue weighted by Gasteiger charge is 2.05. The molecule has 1 aromatic rings. The first-order chi connectivity index (χ1) is 11.7. The molecule has 1 atom stereocenters. The first kappa shape index (κ1) is 23.9. The van der Waals surface area contributed by atoms with Crippen molar-refractivity contribution in [2.45, 2.75) is 52.1 Å². The zero-order chi connectivity index (χ0) is 17.6. The predicted molar refractivity (Wildman–Crippen MR) is 114 cm³/mol. The van der Waals surface area contributed by atoms with Gasteiger partial charge in [0, 0.05) is 39.0 Å². The molecule has 7 heteroatoms. The second kappa shape index (κ2) is 15.2. The Morgan fingerprint density at radius 3 is 2.68 bits per heavy atom. The van der Waals surface area contributed by atoms with Gasteiger partial charge in [-0.2, -0.15) is 0 Å². The van der Waals surface area contributed by atoms with Gasteiger partial charge in [-0.05, 0) is 18.9 Å². The second-order valence-electron chi connectivity index (χ2n) is 5.81. The molecule has 0 bridgehead atoms. The molecule has 2 N–H and O–H groups in total. The van der Waals surface area contributed by atoms with E-state index in [1.165, 1.54) is 19.3 Å². The van der Waals surface area contributed by atoms with Crippen LogP contribution in [0.5, 0.6) is 5.88 Å². The quantitative estimate of drug-likeness (QED) is 0.228. The van der Waals surface area contributed by atoms with E-state index in [1.807, 2.05) is 18.3 Å². The number of aromatic nitrogens is 1. The fourth-order valence-electron chi connectivity index (χ4n) is 2.22. The van der Waals surface area contributed by atoms with Crippen molar-refractivity contribution in [2.24, 2.45) is 4.99 Å². The van der Waals surface area contributed by atoms with E-state index < -0.39 is 0 Å². The SMILES string of the molecule is CCCCCC(C)NC(=NC)NCc1ccc(OCCOC)nc1.I. The highest BCUT2D eigenvalue weighted by molar-refractivity contribution is 14.0. The molecule has 0 spiro atoms. The average Bonchev–Trinajstić information content (AvgIpc) is 2.60. The molecule has 0 radical (unpaired) electrons. The Morgan fingerprint density at radius 2 is 2.08 bits per heavy atom. The fraction of sp³-hybridized carbons (Fsp3) is 0.667. The van der Waals surface area contributed by atoms with Crippen LogP contribution in [0.15, 0.2) is 23.3 Å². The second-order valence-corrected chi connectivity index (χ2v) is 5.81. The van der Waals surface area contributed by atoms with Crippen LogP contribution in [0.2, 0.25) is 0 Å². The van der Waals surface area contributed by atoms with E-state index in [-0.39, 0.29) is 24.0 Å². The molecule has 0 saturated carbocycles. The van der Waals surface area contributed by atoms with Crippen molar-refractivity contribution in [1.82, 2.24) is 15.6 Å². The Labute approximate surface area is 169 Å². The number of methoxy groups -OCH3 is 1. The van der Waals surface area contributed by atoms with E-state index in [0.717, 1.165) is 17.9 Å². The minimum absolute atomic E-state index is 0. The summed E-state index contributed by atoms with van der Waals surface area (Å²) in [5, 5.41) is 6.74. The van der Waals surface area contributed by atoms with Gasteiger partial charge in [-0.1, -0.05) is 32.3 Å². The Morgan fingerprint density at radius 1 is 1.28 bits per heavy atom. The first-order valence-corrected chi connectivity index (χ1v) is 8.73. The number of halogens is 1. The maximum absolute atomic E-state index is 5.45. The van der Waals surface area contributed by atoms with Crippen LogP contribution in [0.3, 0.4) is 0 Å². The third kappa shape index (κ3) is 11.2. The molecular weight excluding hydrogens is 431 g/mol. The summed E-state index contributed by atoms with van der Waals surface area (Å²) >= 11 is 0. The Bertz CT molecular complexity index is 469. The number of nitrogens with one attached hydrogen (secondary N) is 2. The summed E-state index contributed by atoms with van der Waals surface area (Å²) in [6.45, 7) is 6.15. The molecule has 0 saturated heterocycles. The summed E-state index contributed by atoms with van der Waals surface area (Å²) in [6.07, 6.45) is 6.74. The van der Waals surface area contributed by atoms with E-state index in [1.54, 1.807) is 14.2 Å². The standard InChI is InChI=1S/C18H32N4O2.HI/c1-5-6-7-8-15(2)22-18(19-3)21-14-16-9-10-17(20-13-16)24-12-11-23-4;/h9-10,13,15H,5-8,11-12,14H2,1-4H3,(H2,19,21,22);1H. The van der Waals surface area contributed by atoms with E-state index in [4.69, 9.17) is 9.47 Å². The monoisotopic (exact) mass is 464 g/mol. The largest absolute Gasteiger partial charge is 0.475 e. The maximum atomic E-state index is 5.45. The fourth-order valence-corrected chi connectivity index (χ4v) is 2.22. The molecule has 1 aromatic heterocycles. The molecule has 25 heavy (non-hydrogen) atoms. The van der Waals surface area contributed by atoms with Gasteiger partial charge in [-0.25, -0.2) is 4.98 Å². The number of aliphatic imine (C=N–C) groups is 1. The van der Waals surface area contributed by atoms with Gasteiger partial charge in [0.05, 0.1) is 6.61 Å². The lowest BCUT2D eigenvalue weighted by Gasteiger charge is -2.18. The van der Waals surface area contributed by atoms with Gasteiger partial charge in [-0.15, -0.1) is 24.0 Å². The van der Waals surface area contributed by atoms with Crippen molar-refractivity contribution in [3.05, 3.63) is 23.9 Å². The molecule has 1 heterocycles. The number of hydrogen-bond donors (Lipinski definition) is 2. The van der Waals surface area contributed by atoms with Crippen LogP contribution in [-0.2, 0) is 11.3 Å². The summed E-state index contributed by atoms with van der Waals surface area (Å²) in [5.41, 5.74) is 1.08. The van der Waals surface area contributed by atoms with E-state index >= 15 is 0 Å². The number of rotatable bonds is 11. The summed E-state index contributed by atoms with van der Waals surface area (Å²) in [4.78, 5) is 8.56.